The predicted octanol–water partition coefficient (Wildman–Crippen LogP) is 12.5. The lowest BCUT2D eigenvalue weighted by molar-refractivity contribution is -0.305. The third kappa shape index (κ3) is 34.5. The van der Waals surface area contributed by atoms with Crippen molar-refractivity contribution < 1.29 is 44.2 Å². The SMILES string of the molecule is CCCCC/C=C\C/C=C\CCCCCCCC(=O)OC(COCCCCCCCCCCCCCC/C=C\C/C=C\CCCCCCC)COC1OC(CO)C(O)C(O)C1O. The van der Waals surface area contributed by atoms with E-state index in [0.717, 1.165) is 64.2 Å². The smallest absolute Gasteiger partial charge is 0.306 e. The van der Waals surface area contributed by atoms with Crippen LogP contribution in [0.25, 0.3) is 0 Å². The number of allylic oxidation sites excluding steroid dienone is 8. The Hall–Kier alpha value is -1.85. The maximum atomic E-state index is 12.8. The molecule has 4 N–H and O–H groups in total. The first-order valence-electron chi connectivity index (χ1n) is 25.7. The zero-order valence-electron chi connectivity index (χ0n) is 39.9. The Morgan fingerprint density at radius 1 is 0.516 bits per heavy atom. The van der Waals surface area contributed by atoms with Crippen LogP contribution in [0.2, 0.25) is 0 Å². The Bertz CT molecular complexity index is 1090. The molecule has 0 aromatic carbocycles. The minimum atomic E-state index is -1.54. The number of ether oxygens (including phenoxy) is 4. The van der Waals surface area contributed by atoms with Gasteiger partial charge in [-0.25, -0.2) is 0 Å². The van der Waals surface area contributed by atoms with Gasteiger partial charge in [-0.2, -0.15) is 0 Å². The first-order chi connectivity index (χ1) is 30.4. The molecule has 1 rings (SSSR count). The van der Waals surface area contributed by atoms with Gasteiger partial charge >= 0.3 is 5.97 Å². The number of hydrogen-bond acceptors (Lipinski definition) is 9. The summed E-state index contributed by atoms with van der Waals surface area (Å²) in [6, 6.07) is 0. The summed E-state index contributed by atoms with van der Waals surface area (Å²) in [5, 5.41) is 40.2. The van der Waals surface area contributed by atoms with E-state index >= 15 is 0 Å². The number of carbonyl (C=O) groups excluding carboxylic acids is 1. The maximum absolute atomic E-state index is 12.8. The lowest BCUT2D eigenvalue weighted by Crippen LogP contribution is -2.59. The summed E-state index contributed by atoms with van der Waals surface area (Å²) in [6.45, 7) is 4.52. The van der Waals surface area contributed by atoms with E-state index < -0.39 is 43.4 Å². The highest BCUT2D eigenvalue weighted by Gasteiger charge is 2.44. The van der Waals surface area contributed by atoms with Crippen molar-refractivity contribution in [2.24, 2.45) is 0 Å². The minimum absolute atomic E-state index is 0.120. The van der Waals surface area contributed by atoms with Crippen LogP contribution in [0, 0.1) is 0 Å². The van der Waals surface area contributed by atoms with Gasteiger partial charge in [0.1, 0.15) is 30.5 Å². The van der Waals surface area contributed by atoms with Crippen LogP contribution in [-0.2, 0) is 23.7 Å². The Morgan fingerprint density at radius 2 is 0.935 bits per heavy atom. The van der Waals surface area contributed by atoms with Gasteiger partial charge in [-0.15, -0.1) is 0 Å². The van der Waals surface area contributed by atoms with Gasteiger partial charge in [-0.1, -0.05) is 184 Å². The highest BCUT2D eigenvalue weighted by atomic mass is 16.7. The molecular formula is C53H96O9. The number of aliphatic hydroxyl groups excluding tert-OH is 4. The summed E-state index contributed by atoms with van der Waals surface area (Å²) in [7, 11) is 0. The van der Waals surface area contributed by atoms with Gasteiger partial charge in [0.05, 0.1) is 19.8 Å². The molecule has 0 amide bonds. The monoisotopic (exact) mass is 877 g/mol. The minimum Gasteiger partial charge on any atom is -0.457 e. The van der Waals surface area contributed by atoms with Gasteiger partial charge in [0.2, 0.25) is 0 Å². The molecule has 1 heterocycles. The topological polar surface area (TPSA) is 135 Å². The molecule has 6 unspecified atom stereocenters. The third-order valence-electron chi connectivity index (χ3n) is 11.7. The molecule has 1 saturated heterocycles. The van der Waals surface area contributed by atoms with Crippen LogP contribution in [-0.4, -0.2) is 89.6 Å². The van der Waals surface area contributed by atoms with Crippen LogP contribution >= 0.6 is 0 Å². The van der Waals surface area contributed by atoms with E-state index in [1.165, 1.54) is 135 Å². The molecule has 9 nitrogen and oxygen atoms in total. The second-order valence-electron chi connectivity index (χ2n) is 17.6. The molecular weight excluding hydrogens is 781 g/mol. The Labute approximate surface area is 380 Å². The molecule has 1 aliphatic rings. The number of hydrogen-bond donors (Lipinski definition) is 4. The Morgan fingerprint density at radius 3 is 1.42 bits per heavy atom. The molecule has 362 valence electrons. The fraction of sp³-hybridized carbons (Fsp3) is 0.830. The van der Waals surface area contributed by atoms with Crippen LogP contribution in [0.4, 0.5) is 0 Å². The second kappa shape index (κ2) is 44.4. The van der Waals surface area contributed by atoms with Crippen molar-refractivity contribution in [3.8, 4) is 0 Å². The lowest BCUT2D eigenvalue weighted by Gasteiger charge is -2.39. The fourth-order valence-corrected chi connectivity index (χ4v) is 7.67. The van der Waals surface area contributed by atoms with Gasteiger partial charge in [0.25, 0.3) is 0 Å². The second-order valence-corrected chi connectivity index (χ2v) is 17.6. The Balaban J connectivity index is 2.19. The number of carbonyl (C=O) groups is 1. The van der Waals surface area contributed by atoms with E-state index in [9.17, 15) is 25.2 Å². The summed E-state index contributed by atoms with van der Waals surface area (Å²) < 4.78 is 22.9. The van der Waals surface area contributed by atoms with Crippen LogP contribution in [0.15, 0.2) is 48.6 Å². The average Bonchev–Trinajstić information content (AvgIpc) is 3.27. The summed E-state index contributed by atoms with van der Waals surface area (Å²) in [5.74, 6) is -0.327. The largest absolute Gasteiger partial charge is 0.457 e. The molecule has 0 saturated carbocycles. The van der Waals surface area contributed by atoms with Crippen molar-refractivity contribution >= 4 is 5.97 Å². The molecule has 0 aromatic heterocycles. The van der Waals surface area contributed by atoms with E-state index in [2.05, 4.69) is 62.5 Å². The molecule has 1 aliphatic heterocycles. The molecule has 0 radical (unpaired) electrons. The van der Waals surface area contributed by atoms with Gasteiger partial charge in [0, 0.05) is 13.0 Å². The zero-order chi connectivity index (χ0) is 45.0. The average molecular weight is 877 g/mol. The highest BCUT2D eigenvalue weighted by molar-refractivity contribution is 5.69. The summed E-state index contributed by atoms with van der Waals surface area (Å²) in [6.07, 6.45) is 48.6. The lowest BCUT2D eigenvalue weighted by atomic mass is 9.99. The molecule has 9 heteroatoms. The number of esters is 1. The van der Waals surface area contributed by atoms with Crippen molar-refractivity contribution in [3.05, 3.63) is 48.6 Å². The fourth-order valence-electron chi connectivity index (χ4n) is 7.67. The van der Waals surface area contributed by atoms with Crippen molar-refractivity contribution in [3.63, 3.8) is 0 Å². The van der Waals surface area contributed by atoms with E-state index in [1.807, 2.05) is 0 Å². The number of unbranched alkanes of at least 4 members (excludes halogenated alkanes) is 25. The van der Waals surface area contributed by atoms with E-state index in [-0.39, 0.29) is 19.2 Å². The quantitative estimate of drug-likeness (QED) is 0.0268. The highest BCUT2D eigenvalue weighted by Crippen LogP contribution is 2.23. The van der Waals surface area contributed by atoms with E-state index in [4.69, 9.17) is 18.9 Å². The van der Waals surface area contributed by atoms with Gasteiger partial charge in [-0.3, -0.25) is 4.79 Å². The van der Waals surface area contributed by atoms with Gasteiger partial charge < -0.3 is 39.4 Å². The van der Waals surface area contributed by atoms with Crippen molar-refractivity contribution in [2.45, 2.75) is 256 Å². The molecule has 0 bridgehead atoms. The predicted molar refractivity (Wildman–Crippen MR) is 256 cm³/mol. The first kappa shape index (κ1) is 58.2. The Kier molecular flexibility index (Phi) is 41.6. The molecule has 0 aliphatic carbocycles. The normalized spacial score (nSPS) is 20.1. The number of rotatable bonds is 44. The third-order valence-corrected chi connectivity index (χ3v) is 11.7. The van der Waals surface area contributed by atoms with Crippen LogP contribution in [0.1, 0.15) is 219 Å². The maximum Gasteiger partial charge on any atom is 0.306 e. The number of aliphatic hydroxyl groups is 4. The van der Waals surface area contributed by atoms with E-state index in [0.29, 0.717) is 13.0 Å². The van der Waals surface area contributed by atoms with Gasteiger partial charge in [0.15, 0.2) is 6.29 Å². The standard InChI is InChI=1S/C53H96O9/c1-3-5-7-9-11-13-15-17-19-20-21-22-23-24-25-26-27-29-31-33-35-37-39-41-43-59-45-47(46-60-53-52(58)51(57)50(56)48(44-54)62-53)61-49(55)42-40-38-36-34-32-30-28-18-16-14-12-10-8-6-4-2/h12,14-15,17-18,20-21,28,47-48,50-54,56-58H,3-11,13,16,19,22-27,29-46H2,1-2H3/b14-12-,17-15-,21-20-,28-18-. The summed E-state index contributed by atoms with van der Waals surface area (Å²) in [4.78, 5) is 12.8. The first-order valence-corrected chi connectivity index (χ1v) is 25.7. The van der Waals surface area contributed by atoms with Crippen molar-refractivity contribution in [2.75, 3.05) is 26.4 Å². The molecule has 0 spiro atoms. The van der Waals surface area contributed by atoms with Gasteiger partial charge in [-0.05, 0) is 77.0 Å². The van der Waals surface area contributed by atoms with Crippen LogP contribution < -0.4 is 0 Å². The molecule has 62 heavy (non-hydrogen) atoms. The van der Waals surface area contributed by atoms with Crippen molar-refractivity contribution in [1.29, 1.82) is 0 Å². The summed E-state index contributed by atoms with van der Waals surface area (Å²) >= 11 is 0. The molecule has 1 fully saturated rings. The van der Waals surface area contributed by atoms with Crippen molar-refractivity contribution in [1.82, 2.24) is 0 Å². The molecule has 0 aromatic rings. The zero-order valence-corrected chi connectivity index (χ0v) is 39.9. The van der Waals surface area contributed by atoms with Crippen LogP contribution in [0.3, 0.4) is 0 Å². The van der Waals surface area contributed by atoms with Crippen LogP contribution in [0.5, 0.6) is 0 Å². The molecule has 6 atom stereocenters. The van der Waals surface area contributed by atoms with E-state index in [1.54, 1.807) is 0 Å². The summed E-state index contributed by atoms with van der Waals surface area (Å²) in [5.41, 5.74) is 0.